The van der Waals surface area contributed by atoms with E-state index in [-0.39, 0.29) is 18.7 Å². The van der Waals surface area contributed by atoms with Gasteiger partial charge in [0.05, 0.1) is 15.8 Å². The average Bonchev–Trinajstić information content (AvgIpc) is 2.86. The lowest BCUT2D eigenvalue weighted by Crippen LogP contribution is -2.44. The lowest BCUT2D eigenvalue weighted by Gasteiger charge is -2.37. The number of carbonyl (C=O) groups excluding carboxylic acids is 1. The molecule has 2 aliphatic rings. The fourth-order valence-electron chi connectivity index (χ4n) is 5.23. The van der Waals surface area contributed by atoms with E-state index in [1.165, 1.54) is 0 Å². The van der Waals surface area contributed by atoms with Gasteiger partial charge in [0.25, 0.3) is 0 Å². The van der Waals surface area contributed by atoms with Gasteiger partial charge in [0.2, 0.25) is 0 Å². The molecule has 1 fully saturated rings. The number of fused-ring (bicyclic) bond motifs is 1. The first-order valence-corrected chi connectivity index (χ1v) is 15.0. The van der Waals surface area contributed by atoms with Crippen LogP contribution >= 0.6 is 15.9 Å². The number of sulfone groups is 1. The molecule has 3 aromatic carbocycles. The van der Waals surface area contributed by atoms with Crippen LogP contribution in [0.5, 0.6) is 11.5 Å². The highest BCUT2D eigenvalue weighted by atomic mass is 79.9. The lowest BCUT2D eigenvalue weighted by atomic mass is 9.94. The van der Waals surface area contributed by atoms with Gasteiger partial charge in [-0.15, -0.1) is 0 Å². The van der Waals surface area contributed by atoms with Crippen molar-refractivity contribution in [3.8, 4) is 11.5 Å². The van der Waals surface area contributed by atoms with Crippen LogP contribution in [0.15, 0.2) is 76.1 Å². The number of cyclic esters (lactones) is 1. The highest BCUT2D eigenvalue weighted by molar-refractivity contribution is 9.10. The molecular formula is C29H30BrNO5S. The quantitative estimate of drug-likeness (QED) is 0.309. The normalized spacial score (nSPS) is 20.4. The van der Waals surface area contributed by atoms with E-state index >= 15 is 0 Å². The number of rotatable bonds is 5. The Labute approximate surface area is 226 Å². The number of nitrogens with zero attached hydrogens (tertiary/aromatic N) is 1. The van der Waals surface area contributed by atoms with Crippen LogP contribution in [0, 0.1) is 6.92 Å². The van der Waals surface area contributed by atoms with Crippen LogP contribution in [-0.2, 0) is 21.2 Å². The van der Waals surface area contributed by atoms with Gasteiger partial charge in [0.15, 0.2) is 9.84 Å². The Morgan fingerprint density at radius 3 is 2.30 bits per heavy atom. The summed E-state index contributed by atoms with van der Waals surface area (Å²) < 4.78 is 39.5. The molecule has 1 aliphatic carbocycles. The summed E-state index contributed by atoms with van der Waals surface area (Å²) in [5, 5.41) is -0.494. The molecule has 3 aromatic rings. The van der Waals surface area contributed by atoms with Gasteiger partial charge < -0.3 is 9.47 Å². The zero-order valence-corrected chi connectivity index (χ0v) is 23.1. The molecule has 8 heteroatoms. The van der Waals surface area contributed by atoms with Crippen LogP contribution in [-0.4, -0.2) is 25.8 Å². The summed E-state index contributed by atoms with van der Waals surface area (Å²) in [5.74, 6) is 1.26. The van der Waals surface area contributed by atoms with Gasteiger partial charge in [-0.25, -0.2) is 13.2 Å². The van der Waals surface area contributed by atoms with Crippen molar-refractivity contribution in [1.29, 1.82) is 0 Å². The first-order valence-electron chi connectivity index (χ1n) is 12.6. The second kappa shape index (κ2) is 10.9. The number of hydrogen-bond acceptors (Lipinski definition) is 5. The van der Waals surface area contributed by atoms with E-state index in [2.05, 4.69) is 22.0 Å². The highest BCUT2D eigenvalue weighted by Gasteiger charge is 2.35. The van der Waals surface area contributed by atoms with Gasteiger partial charge in [0, 0.05) is 16.1 Å². The topological polar surface area (TPSA) is 72.9 Å². The van der Waals surface area contributed by atoms with E-state index in [1.54, 1.807) is 29.2 Å². The van der Waals surface area contributed by atoms with Crippen molar-refractivity contribution in [3.63, 3.8) is 0 Å². The van der Waals surface area contributed by atoms with E-state index in [0.717, 1.165) is 40.5 Å². The molecule has 1 heterocycles. The van der Waals surface area contributed by atoms with E-state index in [9.17, 15) is 13.2 Å². The third-order valence-electron chi connectivity index (χ3n) is 7.18. The minimum absolute atomic E-state index is 0.0889. The largest absolute Gasteiger partial charge is 0.457 e. The van der Waals surface area contributed by atoms with Crippen molar-refractivity contribution < 1.29 is 22.7 Å². The molecule has 37 heavy (non-hydrogen) atoms. The van der Waals surface area contributed by atoms with Gasteiger partial charge in [-0.3, -0.25) is 4.90 Å². The minimum atomic E-state index is -3.53. The van der Waals surface area contributed by atoms with Gasteiger partial charge in [-0.2, -0.15) is 0 Å². The Kier molecular flexibility index (Phi) is 7.58. The summed E-state index contributed by atoms with van der Waals surface area (Å²) in [6.45, 7) is 2.30. The van der Waals surface area contributed by atoms with Crippen molar-refractivity contribution in [2.24, 2.45) is 0 Å². The van der Waals surface area contributed by atoms with E-state index in [4.69, 9.17) is 9.47 Å². The molecule has 0 N–H and O–H groups in total. The zero-order valence-electron chi connectivity index (χ0n) is 20.7. The monoisotopic (exact) mass is 583 g/mol. The van der Waals surface area contributed by atoms with Gasteiger partial charge in [-0.05, 0) is 87.2 Å². The first kappa shape index (κ1) is 25.8. The molecule has 0 saturated heterocycles. The molecule has 2 unspecified atom stereocenters. The summed E-state index contributed by atoms with van der Waals surface area (Å²) in [5.41, 5.74) is 3.00. The lowest BCUT2D eigenvalue weighted by molar-refractivity contribution is 0.137. The molecule has 1 amide bonds. The second-order valence-corrected chi connectivity index (χ2v) is 12.9. The molecule has 1 saturated carbocycles. The number of anilines is 1. The fourth-order valence-corrected chi connectivity index (χ4v) is 7.32. The van der Waals surface area contributed by atoms with Crippen LogP contribution in [0.25, 0.3) is 0 Å². The van der Waals surface area contributed by atoms with Crippen molar-refractivity contribution >= 4 is 37.5 Å². The van der Waals surface area contributed by atoms with Gasteiger partial charge >= 0.3 is 6.09 Å². The summed E-state index contributed by atoms with van der Waals surface area (Å²) in [4.78, 5) is 14.8. The van der Waals surface area contributed by atoms with Crippen LogP contribution in [0.2, 0.25) is 0 Å². The van der Waals surface area contributed by atoms with E-state index in [0.29, 0.717) is 35.7 Å². The highest BCUT2D eigenvalue weighted by Crippen LogP contribution is 2.36. The standard InChI is InChI=1S/C29H30BrNO5S/c1-20-6-17-28-21(18-20)19-35-29(32)31(28)23-4-2-3-5-26(14-9-23)37(33,34)27-15-12-25(13-16-27)36-24-10-7-22(30)8-11-24/h6-8,10-13,15-18,23,26H,2-5,9,14,19H2,1H3. The molecule has 0 bridgehead atoms. The molecule has 2 atom stereocenters. The number of amides is 1. The van der Waals surface area contributed by atoms with E-state index in [1.807, 2.05) is 43.3 Å². The summed E-state index contributed by atoms with van der Waals surface area (Å²) in [6.07, 6.45) is 3.87. The maximum atomic E-state index is 13.6. The Bertz CT molecular complexity index is 1370. The predicted octanol–water partition coefficient (Wildman–Crippen LogP) is 7.57. The Morgan fingerprint density at radius 2 is 1.57 bits per heavy atom. The summed E-state index contributed by atoms with van der Waals surface area (Å²) in [7, 11) is -3.53. The third-order valence-corrected chi connectivity index (χ3v) is 9.99. The first-order chi connectivity index (χ1) is 17.8. The maximum Gasteiger partial charge on any atom is 0.414 e. The van der Waals surface area contributed by atoms with Crippen LogP contribution in [0.4, 0.5) is 10.5 Å². The smallest absolute Gasteiger partial charge is 0.414 e. The zero-order chi connectivity index (χ0) is 26.0. The molecule has 0 aromatic heterocycles. The number of carbonyl (C=O) groups is 1. The van der Waals surface area contributed by atoms with Crippen molar-refractivity contribution in [1.82, 2.24) is 0 Å². The number of halogens is 1. The molecule has 1 aliphatic heterocycles. The Morgan fingerprint density at radius 1 is 0.892 bits per heavy atom. The molecular weight excluding hydrogens is 554 g/mol. The van der Waals surface area contributed by atoms with Crippen molar-refractivity contribution in [2.75, 3.05) is 4.90 Å². The Hall–Kier alpha value is -2.84. The minimum Gasteiger partial charge on any atom is -0.457 e. The molecule has 6 nitrogen and oxygen atoms in total. The molecule has 0 spiro atoms. The molecule has 0 radical (unpaired) electrons. The van der Waals surface area contributed by atoms with Gasteiger partial charge in [-0.1, -0.05) is 46.5 Å². The van der Waals surface area contributed by atoms with Crippen molar-refractivity contribution in [3.05, 3.63) is 82.3 Å². The van der Waals surface area contributed by atoms with E-state index < -0.39 is 15.1 Å². The van der Waals surface area contributed by atoms with Crippen LogP contribution in [0.1, 0.15) is 49.7 Å². The Balaban J connectivity index is 1.30. The number of hydrogen-bond donors (Lipinski definition) is 0. The fraction of sp³-hybridized carbons (Fsp3) is 0.345. The SMILES string of the molecule is Cc1ccc2c(c1)COC(=O)N2C1CCCCC(S(=O)(=O)c2ccc(Oc3ccc(Br)cc3)cc2)CC1. The number of benzene rings is 3. The van der Waals surface area contributed by atoms with Gasteiger partial charge in [0.1, 0.15) is 18.1 Å². The van der Waals surface area contributed by atoms with Crippen LogP contribution < -0.4 is 9.64 Å². The number of aryl methyl sites for hydroxylation is 1. The number of ether oxygens (including phenoxy) is 2. The molecule has 194 valence electrons. The van der Waals surface area contributed by atoms with Crippen LogP contribution in [0.3, 0.4) is 0 Å². The predicted molar refractivity (Wildman–Crippen MR) is 147 cm³/mol. The second-order valence-electron chi connectivity index (χ2n) is 9.77. The van der Waals surface area contributed by atoms with Crippen molar-refractivity contribution in [2.45, 2.75) is 68.2 Å². The summed E-state index contributed by atoms with van der Waals surface area (Å²) in [6, 6.07) is 20.1. The third kappa shape index (κ3) is 5.70. The maximum absolute atomic E-state index is 13.6. The average molecular weight is 585 g/mol. The molecule has 5 rings (SSSR count). The summed E-state index contributed by atoms with van der Waals surface area (Å²) >= 11 is 3.40.